The highest BCUT2D eigenvalue weighted by Crippen LogP contribution is 2.38. The maximum absolute atomic E-state index is 6.06. The van der Waals surface area contributed by atoms with Crippen LogP contribution >= 0.6 is 0 Å². The quantitative estimate of drug-likeness (QED) is 0.685. The minimum atomic E-state index is 0.285. The third-order valence-electron chi connectivity index (χ3n) is 3.25. The van der Waals surface area contributed by atoms with Crippen LogP contribution in [-0.4, -0.2) is 6.04 Å². The Morgan fingerprint density at radius 2 is 2.21 bits per heavy atom. The molecule has 14 heavy (non-hydrogen) atoms. The van der Waals surface area contributed by atoms with Gasteiger partial charge in [0.1, 0.15) is 0 Å². The van der Waals surface area contributed by atoms with Gasteiger partial charge in [0.2, 0.25) is 0 Å². The Morgan fingerprint density at radius 3 is 2.71 bits per heavy atom. The highest BCUT2D eigenvalue weighted by Gasteiger charge is 2.28. The molecule has 1 nitrogen and oxygen atoms in total. The summed E-state index contributed by atoms with van der Waals surface area (Å²) in [5.74, 6) is 0.727. The molecule has 0 aromatic heterocycles. The summed E-state index contributed by atoms with van der Waals surface area (Å²) in [6.07, 6.45) is 7.26. The van der Waals surface area contributed by atoms with E-state index in [2.05, 4.69) is 33.8 Å². The van der Waals surface area contributed by atoms with Gasteiger partial charge in [0, 0.05) is 6.04 Å². The van der Waals surface area contributed by atoms with E-state index in [1.165, 1.54) is 19.3 Å². The van der Waals surface area contributed by atoms with Crippen LogP contribution in [0, 0.1) is 11.3 Å². The predicted octanol–water partition coefficient (Wildman–Crippen LogP) is 3.50. The number of hydrogen-bond acceptors (Lipinski definition) is 1. The molecule has 0 fully saturated rings. The van der Waals surface area contributed by atoms with Gasteiger partial charge in [-0.3, -0.25) is 0 Å². The van der Waals surface area contributed by atoms with Crippen molar-refractivity contribution in [2.24, 2.45) is 17.1 Å². The molecular weight excluding hydrogens is 170 g/mol. The van der Waals surface area contributed by atoms with Crippen molar-refractivity contribution in [1.29, 1.82) is 0 Å². The van der Waals surface area contributed by atoms with E-state index in [9.17, 15) is 0 Å². The summed E-state index contributed by atoms with van der Waals surface area (Å²) < 4.78 is 0. The van der Waals surface area contributed by atoms with Crippen LogP contribution in [0.1, 0.15) is 53.4 Å². The summed E-state index contributed by atoms with van der Waals surface area (Å²) in [4.78, 5) is 0. The van der Waals surface area contributed by atoms with Crippen LogP contribution in [0.4, 0.5) is 0 Å². The number of allylic oxidation sites excluding steroid dienone is 1. The van der Waals surface area contributed by atoms with Gasteiger partial charge in [0.05, 0.1) is 0 Å². The van der Waals surface area contributed by atoms with Crippen molar-refractivity contribution in [3.8, 4) is 0 Å². The van der Waals surface area contributed by atoms with Crippen LogP contribution in [0.15, 0.2) is 11.6 Å². The molecule has 0 spiro atoms. The van der Waals surface area contributed by atoms with Crippen molar-refractivity contribution in [2.75, 3.05) is 0 Å². The molecule has 2 unspecified atom stereocenters. The molecule has 2 atom stereocenters. The molecule has 2 N–H and O–H groups in total. The largest absolute Gasteiger partial charge is 0.324 e. The third-order valence-corrected chi connectivity index (χ3v) is 3.25. The van der Waals surface area contributed by atoms with Gasteiger partial charge in [-0.2, -0.15) is 0 Å². The summed E-state index contributed by atoms with van der Waals surface area (Å²) in [5.41, 5.74) is 8.06. The van der Waals surface area contributed by atoms with E-state index in [0.29, 0.717) is 5.41 Å². The average Bonchev–Trinajstić information content (AvgIpc) is 2.00. The summed E-state index contributed by atoms with van der Waals surface area (Å²) in [7, 11) is 0. The summed E-state index contributed by atoms with van der Waals surface area (Å²) >= 11 is 0. The second-order valence-electron chi connectivity index (χ2n) is 5.64. The topological polar surface area (TPSA) is 26.0 Å². The molecule has 0 aliphatic heterocycles. The lowest BCUT2D eigenvalue weighted by atomic mass is 9.72. The van der Waals surface area contributed by atoms with Crippen molar-refractivity contribution >= 4 is 0 Å². The van der Waals surface area contributed by atoms with Gasteiger partial charge in [-0.05, 0) is 30.6 Å². The van der Waals surface area contributed by atoms with Gasteiger partial charge >= 0.3 is 0 Å². The number of nitrogens with two attached hydrogens (primary N) is 1. The van der Waals surface area contributed by atoms with E-state index in [1.54, 1.807) is 5.57 Å². The van der Waals surface area contributed by atoms with E-state index >= 15 is 0 Å². The molecule has 0 amide bonds. The van der Waals surface area contributed by atoms with E-state index in [1.807, 2.05) is 0 Å². The molecule has 0 saturated carbocycles. The first-order valence-corrected chi connectivity index (χ1v) is 5.91. The Hall–Kier alpha value is -0.300. The molecule has 1 aliphatic rings. The normalized spacial score (nSPS) is 28.4. The molecule has 0 heterocycles. The zero-order valence-corrected chi connectivity index (χ0v) is 10.1. The van der Waals surface area contributed by atoms with Crippen LogP contribution in [-0.2, 0) is 0 Å². The second kappa shape index (κ2) is 4.48. The monoisotopic (exact) mass is 195 g/mol. The second-order valence-corrected chi connectivity index (χ2v) is 5.64. The molecule has 82 valence electrons. The maximum Gasteiger partial charge on any atom is 0.0231 e. The Labute approximate surface area is 88.8 Å². The third kappa shape index (κ3) is 3.13. The Bertz CT molecular complexity index is 215. The lowest BCUT2D eigenvalue weighted by Gasteiger charge is -2.35. The first kappa shape index (κ1) is 11.8. The van der Waals surface area contributed by atoms with Gasteiger partial charge in [-0.1, -0.05) is 45.8 Å². The Kier molecular flexibility index (Phi) is 3.77. The highest BCUT2D eigenvalue weighted by molar-refractivity contribution is 5.16. The zero-order valence-electron chi connectivity index (χ0n) is 10.1. The van der Waals surface area contributed by atoms with E-state index in [0.717, 1.165) is 12.3 Å². The molecule has 0 saturated heterocycles. The fourth-order valence-corrected chi connectivity index (χ4v) is 2.61. The molecule has 1 heteroatoms. The number of rotatable bonds is 3. The number of hydrogen-bond donors (Lipinski definition) is 1. The highest BCUT2D eigenvalue weighted by atomic mass is 14.6. The van der Waals surface area contributed by atoms with Crippen molar-refractivity contribution in [3.05, 3.63) is 11.6 Å². The smallest absolute Gasteiger partial charge is 0.0231 e. The predicted molar refractivity (Wildman–Crippen MR) is 63.1 cm³/mol. The molecule has 1 rings (SSSR count). The molecule has 0 radical (unpaired) electrons. The molecular formula is C13H25N. The van der Waals surface area contributed by atoms with Crippen LogP contribution in [0.2, 0.25) is 0 Å². The van der Waals surface area contributed by atoms with Crippen molar-refractivity contribution < 1.29 is 0 Å². The first-order chi connectivity index (χ1) is 6.44. The van der Waals surface area contributed by atoms with Gasteiger partial charge < -0.3 is 5.73 Å². The standard InChI is InChI=1S/C13H25N/c1-5-6-10(2)11-7-12(14)9-13(3,4)8-11/h7,10,12H,5-6,8-9,14H2,1-4H3. The van der Waals surface area contributed by atoms with Crippen LogP contribution in [0.3, 0.4) is 0 Å². The van der Waals surface area contributed by atoms with E-state index in [-0.39, 0.29) is 6.04 Å². The molecule has 0 aromatic carbocycles. The fourth-order valence-electron chi connectivity index (χ4n) is 2.61. The van der Waals surface area contributed by atoms with Crippen molar-refractivity contribution in [2.45, 2.75) is 59.4 Å². The van der Waals surface area contributed by atoms with Crippen LogP contribution < -0.4 is 5.73 Å². The van der Waals surface area contributed by atoms with Crippen molar-refractivity contribution in [1.82, 2.24) is 0 Å². The molecule has 0 bridgehead atoms. The van der Waals surface area contributed by atoms with Crippen molar-refractivity contribution in [3.63, 3.8) is 0 Å². The van der Waals surface area contributed by atoms with Gasteiger partial charge in [0.15, 0.2) is 0 Å². The summed E-state index contributed by atoms with van der Waals surface area (Å²) in [6.45, 7) is 9.26. The van der Waals surface area contributed by atoms with Crippen LogP contribution in [0.5, 0.6) is 0 Å². The van der Waals surface area contributed by atoms with Crippen LogP contribution in [0.25, 0.3) is 0 Å². The summed E-state index contributed by atoms with van der Waals surface area (Å²) in [6, 6.07) is 0.285. The minimum Gasteiger partial charge on any atom is -0.324 e. The zero-order chi connectivity index (χ0) is 10.8. The Balaban J connectivity index is 2.68. The minimum absolute atomic E-state index is 0.285. The lowest BCUT2D eigenvalue weighted by molar-refractivity contribution is 0.287. The van der Waals surface area contributed by atoms with Gasteiger partial charge in [-0.25, -0.2) is 0 Å². The SMILES string of the molecule is CCCC(C)C1=CC(N)CC(C)(C)C1. The molecule has 0 aromatic rings. The van der Waals surface area contributed by atoms with E-state index in [4.69, 9.17) is 5.73 Å². The van der Waals surface area contributed by atoms with E-state index < -0.39 is 0 Å². The fraction of sp³-hybridized carbons (Fsp3) is 0.846. The first-order valence-electron chi connectivity index (χ1n) is 5.91. The van der Waals surface area contributed by atoms with Gasteiger partial charge in [-0.15, -0.1) is 0 Å². The summed E-state index contributed by atoms with van der Waals surface area (Å²) in [5, 5.41) is 0. The van der Waals surface area contributed by atoms with Gasteiger partial charge in [0.25, 0.3) is 0 Å². The maximum atomic E-state index is 6.06. The average molecular weight is 195 g/mol. The lowest BCUT2D eigenvalue weighted by Crippen LogP contribution is -2.32. The molecule has 1 aliphatic carbocycles. The Morgan fingerprint density at radius 1 is 1.57 bits per heavy atom.